The Labute approximate surface area is 184 Å². The lowest BCUT2D eigenvalue weighted by atomic mass is 10.0. The maximum atomic E-state index is 12.9. The van der Waals surface area contributed by atoms with Crippen molar-refractivity contribution >= 4 is 40.7 Å². The summed E-state index contributed by atoms with van der Waals surface area (Å²) in [5.41, 5.74) is 9.94. The molecule has 170 valence electrons. The van der Waals surface area contributed by atoms with E-state index >= 15 is 0 Å². The minimum Gasteiger partial charge on any atom is -0.480 e. The van der Waals surface area contributed by atoms with Crippen LogP contribution in [0.25, 0.3) is 16.4 Å². The van der Waals surface area contributed by atoms with Gasteiger partial charge < -0.3 is 25.7 Å². The number of ketones is 1. The second kappa shape index (κ2) is 11.5. The third-order valence-electron chi connectivity index (χ3n) is 4.59. The molecule has 1 heterocycles. The van der Waals surface area contributed by atoms with Crippen LogP contribution in [0.2, 0.25) is 0 Å². The number of rotatable bonds is 12. The molecule has 11 nitrogen and oxygen atoms in total. The van der Waals surface area contributed by atoms with Gasteiger partial charge in [0.25, 0.3) is 5.91 Å². The number of aromatic amines is 1. The maximum absolute atomic E-state index is 12.9. The van der Waals surface area contributed by atoms with E-state index in [1.165, 1.54) is 0 Å². The predicted octanol–water partition coefficient (Wildman–Crippen LogP) is 0.403. The quantitative estimate of drug-likeness (QED) is 0.185. The summed E-state index contributed by atoms with van der Waals surface area (Å²) in [5, 5.41) is 12.6. The minimum absolute atomic E-state index is 0.0253. The first-order valence-corrected chi connectivity index (χ1v) is 9.84. The number of aliphatic carboxylic acids is 1. The molecule has 11 heteroatoms. The summed E-state index contributed by atoms with van der Waals surface area (Å²) in [4.78, 5) is 55.4. The Kier molecular flexibility index (Phi) is 8.82. The van der Waals surface area contributed by atoms with Crippen LogP contribution in [0.3, 0.4) is 0 Å². The van der Waals surface area contributed by atoms with E-state index < -0.39 is 35.8 Å². The van der Waals surface area contributed by atoms with Crippen molar-refractivity contribution in [2.24, 2.45) is 0 Å². The molecule has 1 amide bonds. The summed E-state index contributed by atoms with van der Waals surface area (Å²) in [7, 11) is 3.34. The summed E-state index contributed by atoms with van der Waals surface area (Å²) in [6.07, 6.45) is 0.623. The first-order valence-electron chi connectivity index (χ1n) is 9.84. The average Bonchev–Trinajstić information content (AvgIpc) is 3.12. The largest absolute Gasteiger partial charge is 0.480 e. The number of Topliss-reactive ketones (excluding diaryl/α,β-unsaturated/α-hetero) is 1. The highest BCUT2D eigenvalue weighted by Gasteiger charge is 2.29. The van der Waals surface area contributed by atoms with E-state index in [2.05, 4.69) is 15.1 Å². The van der Waals surface area contributed by atoms with Gasteiger partial charge in [0.2, 0.25) is 5.78 Å². The van der Waals surface area contributed by atoms with Crippen molar-refractivity contribution < 1.29 is 33.8 Å². The Morgan fingerprint density at radius 1 is 1.28 bits per heavy atom. The number of nitrogens with one attached hydrogen (secondary N) is 2. The normalized spacial score (nSPS) is 12.6. The Hall–Kier alpha value is -3.82. The van der Waals surface area contributed by atoms with Crippen molar-refractivity contribution in [2.75, 3.05) is 20.6 Å². The molecular formula is C21H25N5O6. The zero-order valence-corrected chi connectivity index (χ0v) is 17.8. The van der Waals surface area contributed by atoms with Crippen LogP contribution in [0.1, 0.15) is 18.4 Å². The maximum Gasteiger partial charge on any atom is 0.326 e. The van der Waals surface area contributed by atoms with Gasteiger partial charge in [-0.2, -0.15) is 4.79 Å². The van der Waals surface area contributed by atoms with E-state index in [9.17, 15) is 24.3 Å². The lowest BCUT2D eigenvalue weighted by Gasteiger charge is -2.21. The van der Waals surface area contributed by atoms with Gasteiger partial charge in [-0.05, 0) is 32.1 Å². The monoisotopic (exact) mass is 443 g/mol. The number of para-hydroxylation sites is 1. The molecule has 2 aromatic rings. The van der Waals surface area contributed by atoms with Gasteiger partial charge in [-0.1, -0.05) is 18.2 Å². The molecule has 0 bridgehead atoms. The molecule has 32 heavy (non-hydrogen) atoms. The van der Waals surface area contributed by atoms with Gasteiger partial charge >= 0.3 is 18.2 Å². The molecule has 0 radical (unpaired) electrons. The molecule has 0 fully saturated rings. The van der Waals surface area contributed by atoms with Gasteiger partial charge in [0.15, 0.2) is 6.10 Å². The van der Waals surface area contributed by atoms with Crippen LogP contribution in [0.15, 0.2) is 30.5 Å². The predicted molar refractivity (Wildman–Crippen MR) is 114 cm³/mol. The number of carbonyl (C=O) groups excluding carboxylic acids is 3. The highest BCUT2D eigenvalue weighted by Crippen LogP contribution is 2.20. The number of benzene rings is 1. The first-order chi connectivity index (χ1) is 15.2. The number of carboxylic acid groups (broad SMARTS) is 1. The molecule has 2 unspecified atom stereocenters. The lowest BCUT2D eigenvalue weighted by Crippen LogP contribution is -2.48. The van der Waals surface area contributed by atoms with Crippen LogP contribution in [0.4, 0.5) is 0 Å². The van der Waals surface area contributed by atoms with Crippen LogP contribution in [0.5, 0.6) is 0 Å². The summed E-state index contributed by atoms with van der Waals surface area (Å²) in [6.45, 7) is -0.0605. The van der Waals surface area contributed by atoms with Gasteiger partial charge in [-0.25, -0.2) is 4.79 Å². The van der Waals surface area contributed by atoms with Gasteiger partial charge in [-0.3, -0.25) is 19.3 Å². The fourth-order valence-electron chi connectivity index (χ4n) is 3.08. The number of esters is 1. The molecule has 0 aliphatic carbocycles. The highest BCUT2D eigenvalue weighted by molar-refractivity contribution is 6.25. The van der Waals surface area contributed by atoms with Crippen molar-refractivity contribution in [3.05, 3.63) is 41.6 Å². The lowest BCUT2D eigenvalue weighted by molar-refractivity contribution is -0.157. The van der Waals surface area contributed by atoms with E-state index in [-0.39, 0.29) is 25.8 Å². The SMILES string of the molecule is CN(C)CC(=O)OC(Cc1c[nH]c2ccccc12)C(=O)NC(CCC(=O)C=[N+]=[N-])C(=O)O. The third kappa shape index (κ3) is 7.15. The summed E-state index contributed by atoms with van der Waals surface area (Å²) in [5.74, 6) is -3.38. The molecule has 2 rings (SSSR count). The number of carboxylic acids is 1. The number of amides is 1. The molecule has 1 aromatic carbocycles. The topological polar surface area (TPSA) is 165 Å². The number of carbonyl (C=O) groups is 4. The number of nitrogens with zero attached hydrogens (tertiary/aromatic N) is 3. The van der Waals surface area contributed by atoms with Crippen molar-refractivity contribution in [1.82, 2.24) is 15.2 Å². The molecule has 0 saturated carbocycles. The summed E-state index contributed by atoms with van der Waals surface area (Å²) < 4.78 is 5.37. The van der Waals surface area contributed by atoms with E-state index in [1.807, 2.05) is 24.3 Å². The number of ether oxygens (including phenoxy) is 1. The van der Waals surface area contributed by atoms with Crippen molar-refractivity contribution in [3.8, 4) is 0 Å². The van der Waals surface area contributed by atoms with Crippen LogP contribution in [-0.2, 0) is 30.3 Å². The fraction of sp³-hybridized carbons (Fsp3) is 0.381. The highest BCUT2D eigenvalue weighted by atomic mass is 16.5. The van der Waals surface area contributed by atoms with Gasteiger partial charge in [0, 0.05) is 29.9 Å². The standard InChI is InChI=1S/C21H25N5O6/c1-26(2)12-19(28)32-18(9-13-10-23-16-6-4-3-5-15(13)16)20(29)25-17(21(30)31)8-7-14(27)11-24-22/h3-6,10-11,17-18,23H,7-9,12H2,1-2H3,(H,25,29)(H,30,31). The van der Waals surface area contributed by atoms with Crippen molar-refractivity contribution in [3.63, 3.8) is 0 Å². The minimum atomic E-state index is -1.39. The number of aromatic nitrogens is 1. The van der Waals surface area contributed by atoms with Gasteiger partial charge in [0.05, 0.1) is 6.54 Å². The van der Waals surface area contributed by atoms with Crippen molar-refractivity contribution in [1.29, 1.82) is 0 Å². The molecule has 0 saturated heterocycles. The van der Waals surface area contributed by atoms with E-state index in [0.29, 0.717) is 6.21 Å². The van der Waals surface area contributed by atoms with Crippen LogP contribution in [-0.4, -0.2) is 82.4 Å². The molecular weight excluding hydrogens is 418 g/mol. The zero-order valence-electron chi connectivity index (χ0n) is 17.8. The number of hydrogen-bond acceptors (Lipinski definition) is 6. The van der Waals surface area contributed by atoms with E-state index in [4.69, 9.17) is 10.3 Å². The van der Waals surface area contributed by atoms with E-state index in [1.54, 1.807) is 25.2 Å². The Morgan fingerprint density at radius 2 is 2.00 bits per heavy atom. The third-order valence-corrected chi connectivity index (χ3v) is 4.59. The Balaban J connectivity index is 2.19. The fourth-order valence-corrected chi connectivity index (χ4v) is 3.08. The van der Waals surface area contributed by atoms with Gasteiger partial charge in [-0.15, -0.1) is 0 Å². The number of H-pyrrole nitrogens is 1. The molecule has 0 aliphatic rings. The van der Waals surface area contributed by atoms with E-state index in [0.717, 1.165) is 16.5 Å². The second-order valence-corrected chi connectivity index (χ2v) is 7.43. The van der Waals surface area contributed by atoms with Crippen molar-refractivity contribution in [2.45, 2.75) is 31.4 Å². The molecule has 2 atom stereocenters. The van der Waals surface area contributed by atoms with Crippen LogP contribution >= 0.6 is 0 Å². The second-order valence-electron chi connectivity index (χ2n) is 7.43. The molecule has 0 spiro atoms. The Morgan fingerprint density at radius 3 is 2.66 bits per heavy atom. The number of likely N-dealkylation sites (N-methyl/N-ethyl adjacent to an activating group) is 1. The zero-order chi connectivity index (χ0) is 23.7. The molecule has 1 aromatic heterocycles. The molecule has 0 aliphatic heterocycles. The smallest absolute Gasteiger partial charge is 0.326 e. The van der Waals surface area contributed by atoms with Crippen LogP contribution < -0.4 is 5.32 Å². The number of fused-ring (bicyclic) bond motifs is 1. The number of hydrogen-bond donors (Lipinski definition) is 3. The molecule has 3 N–H and O–H groups in total. The Bertz CT molecular complexity index is 1040. The first kappa shape index (κ1) is 24.4. The van der Waals surface area contributed by atoms with Gasteiger partial charge in [0.1, 0.15) is 6.04 Å². The van der Waals surface area contributed by atoms with Crippen LogP contribution in [0, 0.1) is 0 Å². The summed E-state index contributed by atoms with van der Waals surface area (Å²) >= 11 is 0. The average molecular weight is 443 g/mol. The summed E-state index contributed by atoms with van der Waals surface area (Å²) in [6, 6.07) is 6.01.